The smallest absolute Gasteiger partial charge is 0.315 e. The molecule has 2 aliphatic rings. The lowest BCUT2D eigenvalue weighted by Crippen LogP contribution is -2.62. The fourth-order valence-electron chi connectivity index (χ4n) is 3.94. The van der Waals surface area contributed by atoms with Gasteiger partial charge in [-0.2, -0.15) is 0 Å². The number of benzene rings is 1. The van der Waals surface area contributed by atoms with Crippen molar-refractivity contribution in [2.24, 2.45) is 0 Å². The van der Waals surface area contributed by atoms with Crippen molar-refractivity contribution in [2.45, 2.75) is 50.3 Å². The molecule has 0 bridgehead atoms. The quantitative estimate of drug-likeness (QED) is 0.683. The Balaban J connectivity index is 1.61. The maximum absolute atomic E-state index is 13.2. The second-order valence-corrected chi connectivity index (χ2v) is 7.42. The standard InChI is InChI=1S/C20H27N3O5/c24-17(25)12-16-14-23(10-11-28-16)18(26)20(8-4-5-9-20)22-19(27)21-13-15-6-2-1-3-7-15/h1-3,6-7,16H,4-5,8-14H2,(H,24,25)(H2,21,22,27). The first-order valence-electron chi connectivity index (χ1n) is 9.71. The molecule has 3 N–H and O–H groups in total. The molecule has 1 heterocycles. The molecule has 1 atom stereocenters. The van der Waals surface area contributed by atoms with Crippen molar-refractivity contribution in [3.8, 4) is 0 Å². The first-order valence-corrected chi connectivity index (χ1v) is 9.71. The SMILES string of the molecule is O=C(O)CC1CN(C(=O)C2(NC(=O)NCc3ccccc3)CCCC2)CCO1. The minimum Gasteiger partial charge on any atom is -0.481 e. The number of carboxylic acids is 1. The molecule has 1 aromatic carbocycles. The fourth-order valence-corrected chi connectivity index (χ4v) is 3.94. The molecule has 28 heavy (non-hydrogen) atoms. The Hall–Kier alpha value is -2.61. The van der Waals surface area contributed by atoms with Gasteiger partial charge in [0.05, 0.1) is 19.1 Å². The number of nitrogens with zero attached hydrogens (tertiary/aromatic N) is 1. The molecule has 1 aliphatic carbocycles. The number of nitrogens with one attached hydrogen (secondary N) is 2. The van der Waals surface area contributed by atoms with Crippen LogP contribution in [0.2, 0.25) is 0 Å². The van der Waals surface area contributed by atoms with E-state index in [1.54, 1.807) is 4.90 Å². The van der Waals surface area contributed by atoms with Crippen LogP contribution in [0.4, 0.5) is 4.79 Å². The molecule has 8 nitrogen and oxygen atoms in total. The highest BCUT2D eigenvalue weighted by atomic mass is 16.5. The van der Waals surface area contributed by atoms with Crippen LogP contribution in [0.15, 0.2) is 30.3 Å². The van der Waals surface area contributed by atoms with Crippen molar-refractivity contribution in [3.63, 3.8) is 0 Å². The van der Waals surface area contributed by atoms with Crippen molar-refractivity contribution in [1.82, 2.24) is 15.5 Å². The Morgan fingerprint density at radius 3 is 2.57 bits per heavy atom. The van der Waals surface area contributed by atoms with Gasteiger partial charge < -0.3 is 25.4 Å². The predicted octanol–water partition coefficient (Wildman–Crippen LogP) is 1.50. The second kappa shape index (κ2) is 9.05. The molecule has 2 fully saturated rings. The third kappa shape index (κ3) is 5.01. The topological polar surface area (TPSA) is 108 Å². The molecular formula is C20H27N3O5. The number of carboxylic acid groups (broad SMARTS) is 1. The van der Waals surface area contributed by atoms with Crippen molar-refractivity contribution in [3.05, 3.63) is 35.9 Å². The summed E-state index contributed by atoms with van der Waals surface area (Å²) in [4.78, 5) is 38.3. The molecule has 3 rings (SSSR count). The first kappa shape index (κ1) is 20.1. The number of morpholine rings is 1. The van der Waals surface area contributed by atoms with Crippen LogP contribution in [0.1, 0.15) is 37.7 Å². The molecule has 0 spiro atoms. The molecule has 3 amide bonds. The van der Waals surface area contributed by atoms with Crippen LogP contribution < -0.4 is 10.6 Å². The molecule has 0 aromatic heterocycles. The summed E-state index contributed by atoms with van der Waals surface area (Å²) < 4.78 is 5.46. The number of rotatable bonds is 6. The van der Waals surface area contributed by atoms with Crippen LogP contribution >= 0.6 is 0 Å². The van der Waals surface area contributed by atoms with E-state index in [4.69, 9.17) is 9.84 Å². The van der Waals surface area contributed by atoms with E-state index in [2.05, 4.69) is 10.6 Å². The van der Waals surface area contributed by atoms with Gasteiger partial charge in [0.1, 0.15) is 5.54 Å². The minimum absolute atomic E-state index is 0.137. The molecule has 0 radical (unpaired) electrons. The van der Waals surface area contributed by atoms with Gasteiger partial charge in [-0.05, 0) is 18.4 Å². The van der Waals surface area contributed by atoms with Gasteiger partial charge >= 0.3 is 12.0 Å². The summed E-state index contributed by atoms with van der Waals surface area (Å²) in [5, 5.41) is 14.7. The largest absolute Gasteiger partial charge is 0.481 e. The molecular weight excluding hydrogens is 362 g/mol. The molecule has 8 heteroatoms. The number of amides is 3. The van der Waals surface area contributed by atoms with Crippen molar-refractivity contribution in [2.75, 3.05) is 19.7 Å². The zero-order valence-electron chi connectivity index (χ0n) is 15.9. The second-order valence-electron chi connectivity index (χ2n) is 7.42. The zero-order valence-corrected chi connectivity index (χ0v) is 15.9. The van der Waals surface area contributed by atoms with Gasteiger partial charge in [-0.15, -0.1) is 0 Å². The lowest BCUT2D eigenvalue weighted by atomic mass is 9.95. The number of ether oxygens (including phenoxy) is 1. The van der Waals surface area contributed by atoms with Gasteiger partial charge in [0.15, 0.2) is 0 Å². The lowest BCUT2D eigenvalue weighted by Gasteiger charge is -2.39. The van der Waals surface area contributed by atoms with Gasteiger partial charge in [0, 0.05) is 19.6 Å². The van der Waals surface area contributed by atoms with E-state index in [1.807, 2.05) is 30.3 Å². The summed E-state index contributed by atoms with van der Waals surface area (Å²) in [6, 6.07) is 9.20. The van der Waals surface area contributed by atoms with E-state index >= 15 is 0 Å². The maximum atomic E-state index is 13.2. The van der Waals surface area contributed by atoms with Gasteiger partial charge in [-0.3, -0.25) is 9.59 Å². The van der Waals surface area contributed by atoms with E-state index in [9.17, 15) is 14.4 Å². The van der Waals surface area contributed by atoms with E-state index in [1.165, 1.54) is 0 Å². The minimum atomic E-state index is -0.951. The highest BCUT2D eigenvalue weighted by Gasteiger charge is 2.45. The molecule has 1 aliphatic heterocycles. The van der Waals surface area contributed by atoms with Crippen LogP contribution in [0.5, 0.6) is 0 Å². The Labute approximate surface area is 164 Å². The van der Waals surface area contributed by atoms with Crippen molar-refractivity contribution < 1.29 is 24.2 Å². The normalized spacial score (nSPS) is 21.1. The van der Waals surface area contributed by atoms with E-state index in [-0.39, 0.29) is 24.9 Å². The molecule has 1 unspecified atom stereocenters. The summed E-state index contributed by atoms with van der Waals surface area (Å²) in [6.07, 6.45) is 2.26. The monoisotopic (exact) mass is 389 g/mol. The van der Waals surface area contributed by atoms with Crippen molar-refractivity contribution in [1.29, 1.82) is 0 Å². The number of aliphatic carboxylic acids is 1. The molecule has 152 valence electrons. The lowest BCUT2D eigenvalue weighted by molar-refractivity contribution is -0.151. The summed E-state index contributed by atoms with van der Waals surface area (Å²) in [5.74, 6) is -1.09. The van der Waals surface area contributed by atoms with Gasteiger partial charge in [-0.25, -0.2) is 4.79 Å². The summed E-state index contributed by atoms with van der Waals surface area (Å²) in [7, 11) is 0. The van der Waals surface area contributed by atoms with Crippen molar-refractivity contribution >= 4 is 17.9 Å². The van der Waals surface area contributed by atoms with Crippen LogP contribution in [-0.4, -0.2) is 59.3 Å². The Kier molecular flexibility index (Phi) is 6.51. The summed E-state index contributed by atoms with van der Waals surface area (Å²) >= 11 is 0. The van der Waals surface area contributed by atoms with Crippen LogP contribution in [-0.2, 0) is 20.9 Å². The fraction of sp³-hybridized carbons (Fsp3) is 0.550. The molecule has 1 saturated heterocycles. The van der Waals surface area contributed by atoms with Gasteiger partial charge in [0.25, 0.3) is 0 Å². The average Bonchev–Trinajstić information content (AvgIpc) is 3.16. The van der Waals surface area contributed by atoms with E-state index < -0.39 is 17.6 Å². The van der Waals surface area contributed by atoms with Crippen LogP contribution in [0.3, 0.4) is 0 Å². The average molecular weight is 389 g/mol. The number of hydrogen-bond acceptors (Lipinski definition) is 4. The van der Waals surface area contributed by atoms with Crippen LogP contribution in [0, 0.1) is 0 Å². The molecule has 1 aromatic rings. The number of urea groups is 1. The van der Waals surface area contributed by atoms with Crippen LogP contribution in [0.25, 0.3) is 0 Å². The summed E-state index contributed by atoms with van der Waals surface area (Å²) in [5.41, 5.74) is 0.0560. The number of hydrogen-bond donors (Lipinski definition) is 3. The predicted molar refractivity (Wildman–Crippen MR) is 102 cm³/mol. The zero-order chi connectivity index (χ0) is 20.0. The van der Waals surface area contributed by atoms with E-state index in [0.29, 0.717) is 32.5 Å². The Morgan fingerprint density at radius 1 is 1.18 bits per heavy atom. The number of carbonyl (C=O) groups is 3. The number of carbonyl (C=O) groups excluding carboxylic acids is 2. The highest BCUT2D eigenvalue weighted by Crippen LogP contribution is 2.32. The maximum Gasteiger partial charge on any atom is 0.315 e. The Morgan fingerprint density at radius 2 is 1.89 bits per heavy atom. The third-order valence-corrected chi connectivity index (χ3v) is 5.34. The third-order valence-electron chi connectivity index (χ3n) is 5.34. The highest BCUT2D eigenvalue weighted by molar-refractivity contribution is 5.91. The molecule has 1 saturated carbocycles. The van der Waals surface area contributed by atoms with Gasteiger partial charge in [0.2, 0.25) is 5.91 Å². The summed E-state index contributed by atoms with van der Waals surface area (Å²) in [6.45, 7) is 1.33. The van der Waals surface area contributed by atoms with E-state index in [0.717, 1.165) is 18.4 Å². The van der Waals surface area contributed by atoms with Gasteiger partial charge in [-0.1, -0.05) is 43.2 Å². The Bertz CT molecular complexity index is 703. The first-order chi connectivity index (χ1) is 13.5.